The second-order valence-electron chi connectivity index (χ2n) is 5.43. The van der Waals surface area contributed by atoms with Crippen molar-refractivity contribution in [3.05, 3.63) is 0 Å². The summed E-state index contributed by atoms with van der Waals surface area (Å²) >= 11 is 0. The fraction of sp³-hybridized carbons (Fsp3) is 1.00. The van der Waals surface area contributed by atoms with E-state index >= 15 is 0 Å². The Labute approximate surface area is 87.1 Å². The fourth-order valence-corrected chi connectivity index (χ4v) is 3.24. The maximum absolute atomic E-state index is 10.7. The highest BCUT2D eigenvalue weighted by Crippen LogP contribution is 2.40. The normalized spacial score (nSPS) is 49.5. The van der Waals surface area contributed by atoms with Crippen molar-refractivity contribution in [2.45, 2.75) is 57.6 Å². The standard InChI is InChI=1S/C12H23NO/c1-9-5-6-10(2)12(14,8-9)11-4-3-7-13-11/h9-11,13-14H,3-8H2,1-2H3. The Bertz CT molecular complexity index is 200. The van der Waals surface area contributed by atoms with Gasteiger partial charge in [-0.2, -0.15) is 0 Å². The molecule has 82 valence electrons. The van der Waals surface area contributed by atoms with Crippen LogP contribution in [0.1, 0.15) is 46.0 Å². The van der Waals surface area contributed by atoms with E-state index in [1.165, 1.54) is 19.3 Å². The third-order valence-corrected chi connectivity index (χ3v) is 4.29. The van der Waals surface area contributed by atoms with Crippen molar-refractivity contribution in [3.8, 4) is 0 Å². The van der Waals surface area contributed by atoms with Gasteiger partial charge in [0.15, 0.2) is 0 Å². The van der Waals surface area contributed by atoms with Gasteiger partial charge in [0.2, 0.25) is 0 Å². The van der Waals surface area contributed by atoms with Gasteiger partial charge in [0.25, 0.3) is 0 Å². The van der Waals surface area contributed by atoms with E-state index < -0.39 is 5.60 Å². The van der Waals surface area contributed by atoms with Crippen molar-refractivity contribution in [1.82, 2.24) is 5.32 Å². The number of rotatable bonds is 1. The third kappa shape index (κ3) is 1.70. The minimum atomic E-state index is -0.422. The Morgan fingerprint density at radius 2 is 2.00 bits per heavy atom. The zero-order valence-electron chi connectivity index (χ0n) is 9.42. The summed E-state index contributed by atoms with van der Waals surface area (Å²) in [6, 6.07) is 0.361. The van der Waals surface area contributed by atoms with Crippen LogP contribution in [-0.4, -0.2) is 23.3 Å². The molecule has 2 aliphatic rings. The second kappa shape index (κ2) is 3.82. The van der Waals surface area contributed by atoms with E-state index in [0.717, 1.165) is 19.4 Å². The van der Waals surface area contributed by atoms with E-state index in [1.807, 2.05) is 0 Å². The Kier molecular flexibility index (Phi) is 2.85. The molecular formula is C12H23NO. The summed E-state index contributed by atoms with van der Waals surface area (Å²) < 4.78 is 0. The van der Waals surface area contributed by atoms with Gasteiger partial charge in [0.1, 0.15) is 0 Å². The van der Waals surface area contributed by atoms with E-state index in [0.29, 0.717) is 17.9 Å². The van der Waals surface area contributed by atoms with Crippen LogP contribution in [0.3, 0.4) is 0 Å². The van der Waals surface area contributed by atoms with Gasteiger partial charge in [-0.1, -0.05) is 20.3 Å². The fourth-order valence-electron chi connectivity index (χ4n) is 3.24. The van der Waals surface area contributed by atoms with Gasteiger partial charge in [-0.3, -0.25) is 0 Å². The summed E-state index contributed by atoms with van der Waals surface area (Å²) in [5, 5.41) is 14.2. The number of aliphatic hydroxyl groups is 1. The van der Waals surface area contributed by atoms with Crippen LogP contribution in [0.5, 0.6) is 0 Å². The molecule has 1 saturated heterocycles. The first-order valence-corrected chi connectivity index (χ1v) is 6.08. The molecule has 1 heterocycles. The zero-order chi connectivity index (χ0) is 10.2. The lowest BCUT2D eigenvalue weighted by Gasteiger charge is -2.45. The van der Waals surface area contributed by atoms with Crippen molar-refractivity contribution >= 4 is 0 Å². The van der Waals surface area contributed by atoms with E-state index in [9.17, 15) is 5.11 Å². The Hall–Kier alpha value is -0.0800. The molecule has 4 atom stereocenters. The number of hydrogen-bond acceptors (Lipinski definition) is 2. The van der Waals surface area contributed by atoms with Crippen LogP contribution in [0.2, 0.25) is 0 Å². The molecule has 2 heteroatoms. The SMILES string of the molecule is CC1CCC(C)C(O)(C2CCCN2)C1. The second-order valence-corrected chi connectivity index (χ2v) is 5.43. The van der Waals surface area contributed by atoms with Gasteiger partial charge < -0.3 is 10.4 Å². The molecule has 0 amide bonds. The summed E-state index contributed by atoms with van der Waals surface area (Å²) in [4.78, 5) is 0. The minimum Gasteiger partial charge on any atom is -0.388 e. The van der Waals surface area contributed by atoms with Crippen LogP contribution in [0.4, 0.5) is 0 Å². The Morgan fingerprint density at radius 3 is 2.64 bits per heavy atom. The van der Waals surface area contributed by atoms with Crippen molar-refractivity contribution < 1.29 is 5.11 Å². The molecule has 0 radical (unpaired) electrons. The minimum absolute atomic E-state index is 0.361. The summed E-state index contributed by atoms with van der Waals surface area (Å²) in [5.41, 5.74) is -0.422. The molecule has 1 saturated carbocycles. The summed E-state index contributed by atoms with van der Waals surface area (Å²) in [7, 11) is 0. The first-order chi connectivity index (χ1) is 6.63. The van der Waals surface area contributed by atoms with Crippen LogP contribution >= 0.6 is 0 Å². The zero-order valence-corrected chi connectivity index (χ0v) is 9.42. The first kappa shape index (κ1) is 10.4. The van der Waals surface area contributed by atoms with Crippen LogP contribution < -0.4 is 5.32 Å². The average molecular weight is 197 g/mol. The van der Waals surface area contributed by atoms with Gasteiger partial charge in [-0.25, -0.2) is 0 Å². The largest absolute Gasteiger partial charge is 0.388 e. The molecule has 4 unspecified atom stereocenters. The Morgan fingerprint density at radius 1 is 1.21 bits per heavy atom. The maximum atomic E-state index is 10.7. The average Bonchev–Trinajstić information content (AvgIpc) is 2.65. The van der Waals surface area contributed by atoms with Gasteiger partial charge >= 0.3 is 0 Å². The van der Waals surface area contributed by atoms with Crippen molar-refractivity contribution in [2.24, 2.45) is 11.8 Å². The van der Waals surface area contributed by atoms with Crippen molar-refractivity contribution in [1.29, 1.82) is 0 Å². The molecule has 0 spiro atoms. The number of nitrogens with one attached hydrogen (secondary N) is 1. The molecule has 2 fully saturated rings. The lowest BCUT2D eigenvalue weighted by atomic mass is 9.68. The van der Waals surface area contributed by atoms with E-state index in [4.69, 9.17) is 0 Å². The van der Waals surface area contributed by atoms with E-state index in [2.05, 4.69) is 19.2 Å². The van der Waals surface area contributed by atoms with Gasteiger partial charge in [0, 0.05) is 6.04 Å². The Balaban J connectivity index is 2.09. The summed E-state index contributed by atoms with van der Waals surface area (Å²) in [6.07, 6.45) is 5.86. The monoisotopic (exact) mass is 197 g/mol. The van der Waals surface area contributed by atoms with Crippen molar-refractivity contribution in [2.75, 3.05) is 6.54 Å². The molecule has 1 aliphatic carbocycles. The smallest absolute Gasteiger partial charge is 0.0827 e. The lowest BCUT2D eigenvalue weighted by Crippen LogP contribution is -2.55. The highest BCUT2D eigenvalue weighted by atomic mass is 16.3. The van der Waals surface area contributed by atoms with Gasteiger partial charge in [-0.05, 0) is 44.1 Å². The number of hydrogen-bond donors (Lipinski definition) is 2. The van der Waals surface area contributed by atoms with Crippen LogP contribution in [0, 0.1) is 11.8 Å². The molecule has 2 nitrogen and oxygen atoms in total. The van der Waals surface area contributed by atoms with E-state index in [-0.39, 0.29) is 0 Å². The maximum Gasteiger partial charge on any atom is 0.0827 e. The van der Waals surface area contributed by atoms with E-state index in [1.54, 1.807) is 0 Å². The van der Waals surface area contributed by atoms with Crippen LogP contribution in [0.25, 0.3) is 0 Å². The predicted octanol–water partition coefficient (Wildman–Crippen LogP) is 1.93. The molecule has 0 bridgehead atoms. The molecule has 2 N–H and O–H groups in total. The van der Waals surface area contributed by atoms with Crippen LogP contribution in [-0.2, 0) is 0 Å². The van der Waals surface area contributed by atoms with Crippen LogP contribution in [0.15, 0.2) is 0 Å². The first-order valence-electron chi connectivity index (χ1n) is 6.08. The molecule has 14 heavy (non-hydrogen) atoms. The molecule has 0 aromatic heterocycles. The summed E-state index contributed by atoms with van der Waals surface area (Å²) in [5.74, 6) is 1.16. The summed E-state index contributed by atoms with van der Waals surface area (Å²) in [6.45, 7) is 5.58. The molecule has 0 aromatic carbocycles. The highest BCUT2D eigenvalue weighted by Gasteiger charge is 2.45. The molecule has 1 aliphatic heterocycles. The third-order valence-electron chi connectivity index (χ3n) is 4.29. The highest BCUT2D eigenvalue weighted by molar-refractivity contribution is 5.00. The molecule has 2 rings (SSSR count). The predicted molar refractivity (Wildman–Crippen MR) is 58.2 cm³/mol. The molecule has 0 aromatic rings. The van der Waals surface area contributed by atoms with Gasteiger partial charge in [-0.15, -0.1) is 0 Å². The topological polar surface area (TPSA) is 32.3 Å². The lowest BCUT2D eigenvalue weighted by molar-refractivity contribution is -0.0804. The van der Waals surface area contributed by atoms with Gasteiger partial charge in [0.05, 0.1) is 5.60 Å². The molecular weight excluding hydrogens is 174 g/mol. The quantitative estimate of drug-likeness (QED) is 0.673. The van der Waals surface area contributed by atoms with Crippen molar-refractivity contribution in [3.63, 3.8) is 0 Å².